The van der Waals surface area contributed by atoms with Gasteiger partial charge in [0.25, 0.3) is 0 Å². The molecule has 1 aromatic heterocycles. The van der Waals surface area contributed by atoms with Gasteiger partial charge in [0.15, 0.2) is 0 Å². The van der Waals surface area contributed by atoms with Crippen LogP contribution in [0.15, 0.2) is 72.9 Å². The Morgan fingerprint density at radius 2 is 1.63 bits per heavy atom. The Kier molecular flexibility index (Phi) is 7.29. The molecule has 158 valence electrons. The Morgan fingerprint density at radius 1 is 0.867 bits per heavy atom. The summed E-state index contributed by atoms with van der Waals surface area (Å²) >= 11 is 0. The van der Waals surface area contributed by atoms with Crippen molar-refractivity contribution in [2.75, 3.05) is 39.4 Å². The highest BCUT2D eigenvalue weighted by Gasteiger charge is 2.15. The summed E-state index contributed by atoms with van der Waals surface area (Å²) in [5.74, 6) is -0.148. The maximum atomic E-state index is 14.2. The number of hydrogen-bond donors (Lipinski definition) is 0. The van der Waals surface area contributed by atoms with Crippen LogP contribution in [-0.4, -0.2) is 53.8 Å². The molecule has 4 rings (SSSR count). The fourth-order valence-corrected chi connectivity index (χ4v) is 3.95. The van der Waals surface area contributed by atoms with Gasteiger partial charge in [-0.05, 0) is 23.8 Å². The normalized spacial score (nSPS) is 15.0. The highest BCUT2D eigenvalue weighted by molar-refractivity contribution is 5.20. The predicted octanol–water partition coefficient (Wildman–Crippen LogP) is 4.01. The number of nitrogens with zero attached hydrogens (tertiary/aromatic N) is 3. The number of morpholine rings is 1. The van der Waals surface area contributed by atoms with Gasteiger partial charge < -0.3 is 9.30 Å². The number of halogens is 1. The van der Waals surface area contributed by atoms with E-state index < -0.39 is 0 Å². The highest BCUT2D eigenvalue weighted by Crippen LogP contribution is 2.15. The summed E-state index contributed by atoms with van der Waals surface area (Å²) in [5, 5.41) is 0. The predicted molar refractivity (Wildman–Crippen MR) is 118 cm³/mol. The van der Waals surface area contributed by atoms with Crippen LogP contribution >= 0.6 is 0 Å². The van der Waals surface area contributed by atoms with E-state index in [0.29, 0.717) is 6.54 Å². The van der Waals surface area contributed by atoms with Crippen molar-refractivity contribution in [3.05, 3.63) is 95.6 Å². The molecule has 30 heavy (non-hydrogen) atoms. The van der Waals surface area contributed by atoms with Crippen LogP contribution in [0, 0.1) is 5.82 Å². The molecule has 2 heterocycles. The van der Waals surface area contributed by atoms with Gasteiger partial charge in [0.1, 0.15) is 5.82 Å². The molecule has 0 saturated carbocycles. The Labute approximate surface area is 178 Å². The van der Waals surface area contributed by atoms with Crippen molar-refractivity contribution in [1.29, 1.82) is 0 Å². The van der Waals surface area contributed by atoms with Crippen molar-refractivity contribution in [2.24, 2.45) is 0 Å². The van der Waals surface area contributed by atoms with Crippen molar-refractivity contribution in [3.8, 4) is 0 Å². The van der Waals surface area contributed by atoms with E-state index in [2.05, 4.69) is 56.8 Å². The molecule has 5 heteroatoms. The average molecular weight is 408 g/mol. The first-order valence-electron chi connectivity index (χ1n) is 10.7. The van der Waals surface area contributed by atoms with E-state index in [-0.39, 0.29) is 5.82 Å². The maximum absolute atomic E-state index is 14.2. The lowest BCUT2D eigenvalue weighted by Crippen LogP contribution is -2.41. The van der Waals surface area contributed by atoms with Crippen LogP contribution in [0.4, 0.5) is 4.39 Å². The topological polar surface area (TPSA) is 20.6 Å². The fourth-order valence-electron chi connectivity index (χ4n) is 3.95. The van der Waals surface area contributed by atoms with Crippen LogP contribution in [0.2, 0.25) is 0 Å². The summed E-state index contributed by atoms with van der Waals surface area (Å²) in [7, 11) is 0. The minimum absolute atomic E-state index is 0.148. The fraction of sp³-hybridized carbons (Fsp3) is 0.360. The van der Waals surface area contributed by atoms with Crippen LogP contribution in [0.5, 0.6) is 0 Å². The van der Waals surface area contributed by atoms with Gasteiger partial charge in [-0.15, -0.1) is 0 Å². The molecule has 0 bridgehead atoms. The summed E-state index contributed by atoms with van der Waals surface area (Å²) in [6.45, 7) is 7.96. The van der Waals surface area contributed by atoms with Crippen molar-refractivity contribution < 1.29 is 9.13 Å². The summed E-state index contributed by atoms with van der Waals surface area (Å²) in [5.41, 5.74) is 3.24. The smallest absolute Gasteiger partial charge is 0.128 e. The quantitative estimate of drug-likeness (QED) is 0.535. The molecular formula is C25H30FN3O. The summed E-state index contributed by atoms with van der Waals surface area (Å²) in [6, 6.07) is 21.8. The molecule has 1 aliphatic heterocycles. The number of aromatic nitrogens is 1. The lowest BCUT2D eigenvalue weighted by molar-refractivity contribution is 0.0324. The van der Waals surface area contributed by atoms with E-state index in [9.17, 15) is 4.39 Å². The van der Waals surface area contributed by atoms with Crippen molar-refractivity contribution >= 4 is 0 Å². The summed E-state index contributed by atoms with van der Waals surface area (Å²) in [4.78, 5) is 4.96. The molecule has 0 N–H and O–H groups in total. The van der Waals surface area contributed by atoms with Gasteiger partial charge in [0, 0.05) is 56.7 Å². The second-order valence-electron chi connectivity index (χ2n) is 7.87. The second kappa shape index (κ2) is 10.5. The minimum Gasteiger partial charge on any atom is -0.379 e. The Bertz CT molecular complexity index is 906. The molecule has 0 unspecified atom stereocenters. The zero-order valence-corrected chi connectivity index (χ0v) is 17.4. The lowest BCUT2D eigenvalue weighted by atomic mass is 10.2. The number of ether oxygens (including phenoxy) is 1. The average Bonchev–Trinajstić information content (AvgIpc) is 3.21. The molecule has 0 spiro atoms. The highest BCUT2D eigenvalue weighted by atomic mass is 19.1. The second-order valence-corrected chi connectivity index (χ2v) is 7.87. The minimum atomic E-state index is -0.148. The van der Waals surface area contributed by atoms with Crippen molar-refractivity contribution in [2.45, 2.75) is 19.6 Å². The molecule has 1 fully saturated rings. The Morgan fingerprint density at radius 3 is 2.43 bits per heavy atom. The summed E-state index contributed by atoms with van der Waals surface area (Å²) in [6.07, 6.45) is 2.05. The first-order valence-corrected chi connectivity index (χ1v) is 10.7. The zero-order valence-electron chi connectivity index (χ0n) is 17.4. The van der Waals surface area contributed by atoms with Gasteiger partial charge in [-0.2, -0.15) is 0 Å². The third-order valence-electron chi connectivity index (χ3n) is 5.69. The largest absolute Gasteiger partial charge is 0.379 e. The lowest BCUT2D eigenvalue weighted by Gasteiger charge is -2.30. The van der Waals surface area contributed by atoms with Crippen LogP contribution in [-0.2, 0) is 24.4 Å². The molecular weight excluding hydrogens is 377 g/mol. The molecule has 1 aliphatic rings. The van der Waals surface area contributed by atoms with Crippen LogP contribution in [0.3, 0.4) is 0 Å². The van der Waals surface area contributed by atoms with Gasteiger partial charge in [-0.25, -0.2) is 4.39 Å². The van der Waals surface area contributed by atoms with Crippen molar-refractivity contribution in [3.63, 3.8) is 0 Å². The standard InChI is InChI=1S/C25H30FN3O/c26-25-11-5-4-9-23(25)20-29-12-6-10-24(29)21-28(19-22-7-2-1-3-8-22)14-13-27-15-17-30-18-16-27/h1-12H,13-21H2. The van der Waals surface area contributed by atoms with E-state index >= 15 is 0 Å². The summed E-state index contributed by atoms with van der Waals surface area (Å²) < 4.78 is 21.8. The van der Waals surface area contributed by atoms with Crippen LogP contribution in [0.25, 0.3) is 0 Å². The number of hydrogen-bond acceptors (Lipinski definition) is 3. The van der Waals surface area contributed by atoms with E-state index in [1.807, 2.05) is 18.3 Å². The molecule has 3 aromatic rings. The molecule has 0 amide bonds. The van der Waals surface area contributed by atoms with E-state index in [1.165, 1.54) is 17.3 Å². The van der Waals surface area contributed by atoms with Gasteiger partial charge in [0.2, 0.25) is 0 Å². The van der Waals surface area contributed by atoms with Crippen LogP contribution < -0.4 is 0 Å². The van der Waals surface area contributed by atoms with Gasteiger partial charge in [-0.1, -0.05) is 48.5 Å². The molecule has 0 atom stereocenters. The molecule has 4 nitrogen and oxygen atoms in total. The van der Waals surface area contributed by atoms with Crippen molar-refractivity contribution in [1.82, 2.24) is 14.4 Å². The van der Waals surface area contributed by atoms with E-state index in [4.69, 9.17) is 4.74 Å². The molecule has 1 saturated heterocycles. The Hall–Kier alpha value is -2.47. The maximum Gasteiger partial charge on any atom is 0.128 e. The molecule has 0 aliphatic carbocycles. The third-order valence-corrected chi connectivity index (χ3v) is 5.69. The van der Waals surface area contributed by atoms with Gasteiger partial charge in [-0.3, -0.25) is 9.80 Å². The van der Waals surface area contributed by atoms with Gasteiger partial charge in [0.05, 0.1) is 19.8 Å². The number of rotatable bonds is 9. The monoisotopic (exact) mass is 407 g/mol. The van der Waals surface area contributed by atoms with Crippen LogP contribution in [0.1, 0.15) is 16.8 Å². The number of benzene rings is 2. The van der Waals surface area contributed by atoms with Gasteiger partial charge >= 0.3 is 0 Å². The zero-order chi connectivity index (χ0) is 20.6. The molecule has 0 radical (unpaired) electrons. The van der Waals surface area contributed by atoms with E-state index in [0.717, 1.165) is 58.0 Å². The molecule has 2 aromatic carbocycles. The third kappa shape index (κ3) is 5.79. The Balaban J connectivity index is 1.45. The first kappa shape index (κ1) is 20.8. The van der Waals surface area contributed by atoms with E-state index in [1.54, 1.807) is 6.07 Å². The SMILES string of the molecule is Fc1ccccc1Cn1cccc1CN(CCN1CCOCC1)Cc1ccccc1. The first-order chi connectivity index (χ1) is 14.8.